The number of Topliss-reactive ketones (excluding diaryl/α,β-unsaturated/α-hetero) is 1. The third kappa shape index (κ3) is 16.4. The van der Waals surface area contributed by atoms with Crippen LogP contribution in [0.1, 0.15) is 123 Å². The van der Waals surface area contributed by atoms with Gasteiger partial charge in [-0.25, -0.2) is 0 Å². The van der Waals surface area contributed by atoms with Gasteiger partial charge in [0.2, 0.25) is 0 Å². The summed E-state index contributed by atoms with van der Waals surface area (Å²) in [6.45, 7) is 3.75. The van der Waals surface area contributed by atoms with Crippen molar-refractivity contribution in [3.8, 4) is 0 Å². The summed E-state index contributed by atoms with van der Waals surface area (Å²) >= 11 is 0. The van der Waals surface area contributed by atoms with Crippen molar-refractivity contribution in [2.75, 3.05) is 0 Å². The highest BCUT2D eigenvalue weighted by Crippen LogP contribution is 2.14. The van der Waals surface area contributed by atoms with Crippen LogP contribution in [0.2, 0.25) is 0 Å². The van der Waals surface area contributed by atoms with Gasteiger partial charge < -0.3 is 5.11 Å². The first kappa shape index (κ1) is 24.1. The zero-order valence-corrected chi connectivity index (χ0v) is 16.9. The number of hydrogen-bond donors (Lipinski definition) is 1. The quantitative estimate of drug-likeness (QED) is 0.202. The summed E-state index contributed by atoms with van der Waals surface area (Å²) in [7, 11) is 0. The van der Waals surface area contributed by atoms with Crippen LogP contribution in [0.15, 0.2) is 0 Å². The normalized spacial score (nSPS) is 12.2. The van der Waals surface area contributed by atoms with E-state index in [1.807, 2.05) is 0 Å². The average Bonchev–Trinajstić information content (AvgIpc) is 2.60. The molecule has 25 heavy (non-hydrogen) atoms. The highest BCUT2D eigenvalue weighted by molar-refractivity contribution is 5.97. The number of unbranched alkanes of at least 4 members (excludes halogenated alkanes) is 15. The van der Waals surface area contributed by atoms with Gasteiger partial charge in [-0.05, 0) is 13.3 Å². The van der Waals surface area contributed by atoms with Gasteiger partial charge in [-0.1, -0.05) is 103 Å². The fourth-order valence-corrected chi connectivity index (χ4v) is 3.20. The van der Waals surface area contributed by atoms with Crippen LogP contribution in [0.3, 0.4) is 0 Å². The molecular formula is C22H42O3. The molecular weight excluding hydrogens is 312 g/mol. The molecule has 0 saturated heterocycles. The second kappa shape index (κ2) is 17.9. The van der Waals surface area contributed by atoms with E-state index in [1.165, 1.54) is 96.8 Å². The molecule has 0 aromatic heterocycles. The SMILES string of the molecule is CCCCCCCCCCCCCCCCCCC(=O)C(C)C(=O)O. The van der Waals surface area contributed by atoms with Crippen LogP contribution in [0, 0.1) is 5.92 Å². The van der Waals surface area contributed by atoms with E-state index in [2.05, 4.69) is 6.92 Å². The van der Waals surface area contributed by atoms with E-state index in [4.69, 9.17) is 5.11 Å². The lowest BCUT2D eigenvalue weighted by Crippen LogP contribution is -2.20. The van der Waals surface area contributed by atoms with Gasteiger partial charge >= 0.3 is 5.97 Å². The highest BCUT2D eigenvalue weighted by Gasteiger charge is 2.19. The van der Waals surface area contributed by atoms with E-state index >= 15 is 0 Å². The monoisotopic (exact) mass is 354 g/mol. The molecule has 0 aliphatic rings. The van der Waals surface area contributed by atoms with Crippen molar-refractivity contribution in [1.29, 1.82) is 0 Å². The number of carbonyl (C=O) groups excluding carboxylic acids is 1. The Morgan fingerprint density at radius 3 is 1.28 bits per heavy atom. The lowest BCUT2D eigenvalue weighted by molar-refractivity contribution is -0.145. The molecule has 1 atom stereocenters. The fraction of sp³-hybridized carbons (Fsp3) is 0.909. The largest absolute Gasteiger partial charge is 0.481 e. The number of aliphatic carboxylic acids is 1. The van der Waals surface area contributed by atoms with Gasteiger partial charge in [-0.2, -0.15) is 0 Å². The summed E-state index contributed by atoms with van der Waals surface area (Å²) in [5, 5.41) is 8.77. The number of carboxylic acid groups (broad SMARTS) is 1. The molecule has 148 valence electrons. The summed E-state index contributed by atoms with van der Waals surface area (Å²) in [6, 6.07) is 0. The molecule has 1 unspecified atom stereocenters. The molecule has 0 radical (unpaired) electrons. The molecule has 3 heteroatoms. The van der Waals surface area contributed by atoms with E-state index < -0.39 is 11.9 Å². The predicted molar refractivity (Wildman–Crippen MR) is 106 cm³/mol. The van der Waals surface area contributed by atoms with E-state index in [0.29, 0.717) is 6.42 Å². The first-order valence-electron chi connectivity index (χ1n) is 10.8. The summed E-state index contributed by atoms with van der Waals surface area (Å²) < 4.78 is 0. The molecule has 0 fully saturated rings. The Morgan fingerprint density at radius 1 is 0.640 bits per heavy atom. The fourth-order valence-electron chi connectivity index (χ4n) is 3.20. The predicted octanol–water partition coefficient (Wildman–Crippen LogP) is 6.93. The van der Waals surface area contributed by atoms with Crippen LogP contribution in [0.4, 0.5) is 0 Å². The smallest absolute Gasteiger partial charge is 0.313 e. The van der Waals surface area contributed by atoms with Crippen LogP contribution >= 0.6 is 0 Å². The van der Waals surface area contributed by atoms with Crippen LogP contribution in [-0.4, -0.2) is 16.9 Å². The lowest BCUT2D eigenvalue weighted by Gasteiger charge is -2.05. The van der Waals surface area contributed by atoms with E-state index in [1.54, 1.807) is 0 Å². The third-order valence-electron chi connectivity index (χ3n) is 5.13. The zero-order valence-electron chi connectivity index (χ0n) is 16.9. The maximum Gasteiger partial charge on any atom is 0.313 e. The van der Waals surface area contributed by atoms with E-state index in [-0.39, 0.29) is 5.78 Å². The summed E-state index contributed by atoms with van der Waals surface area (Å²) in [5.41, 5.74) is 0. The number of carboxylic acids is 1. The van der Waals surface area contributed by atoms with Gasteiger partial charge in [0.25, 0.3) is 0 Å². The van der Waals surface area contributed by atoms with Gasteiger partial charge in [0.05, 0.1) is 0 Å². The topological polar surface area (TPSA) is 54.4 Å². The Bertz CT molecular complexity index is 325. The highest BCUT2D eigenvalue weighted by atomic mass is 16.4. The summed E-state index contributed by atoms with van der Waals surface area (Å²) in [4.78, 5) is 22.2. The maximum absolute atomic E-state index is 11.6. The minimum Gasteiger partial charge on any atom is -0.481 e. The average molecular weight is 355 g/mol. The van der Waals surface area contributed by atoms with Gasteiger partial charge in [-0.3, -0.25) is 9.59 Å². The van der Waals surface area contributed by atoms with Crippen LogP contribution in [0.5, 0.6) is 0 Å². The van der Waals surface area contributed by atoms with Crippen LogP contribution < -0.4 is 0 Å². The van der Waals surface area contributed by atoms with Crippen molar-refractivity contribution in [1.82, 2.24) is 0 Å². The molecule has 0 rings (SSSR count). The van der Waals surface area contributed by atoms with Crippen molar-refractivity contribution >= 4 is 11.8 Å². The molecule has 3 nitrogen and oxygen atoms in total. The summed E-state index contributed by atoms with van der Waals surface area (Å²) in [6.07, 6.45) is 21.4. The van der Waals surface area contributed by atoms with Gasteiger partial charge in [0, 0.05) is 6.42 Å². The van der Waals surface area contributed by atoms with Crippen molar-refractivity contribution in [3.63, 3.8) is 0 Å². The second-order valence-electron chi connectivity index (χ2n) is 7.58. The van der Waals surface area contributed by atoms with E-state index in [0.717, 1.165) is 12.8 Å². The second-order valence-corrected chi connectivity index (χ2v) is 7.58. The molecule has 0 aromatic rings. The summed E-state index contributed by atoms with van der Waals surface area (Å²) in [5.74, 6) is -1.96. The zero-order chi connectivity index (χ0) is 18.8. The Labute approximate surface area is 156 Å². The maximum atomic E-state index is 11.6. The molecule has 0 amide bonds. The van der Waals surface area contributed by atoms with Crippen LogP contribution in [0.25, 0.3) is 0 Å². The molecule has 0 aliphatic heterocycles. The van der Waals surface area contributed by atoms with Crippen molar-refractivity contribution in [2.24, 2.45) is 5.92 Å². The molecule has 1 N–H and O–H groups in total. The first-order chi connectivity index (χ1) is 12.1. The minimum atomic E-state index is -0.999. The molecule has 0 aromatic carbocycles. The van der Waals surface area contributed by atoms with Gasteiger partial charge in [-0.15, -0.1) is 0 Å². The molecule has 0 heterocycles. The molecule has 0 saturated carbocycles. The lowest BCUT2D eigenvalue weighted by atomic mass is 10.00. The Hall–Kier alpha value is -0.860. The Kier molecular flexibility index (Phi) is 17.3. The van der Waals surface area contributed by atoms with Crippen molar-refractivity contribution < 1.29 is 14.7 Å². The number of carbonyl (C=O) groups is 2. The van der Waals surface area contributed by atoms with E-state index in [9.17, 15) is 9.59 Å². The number of rotatable bonds is 19. The van der Waals surface area contributed by atoms with Gasteiger partial charge in [0.15, 0.2) is 0 Å². The Morgan fingerprint density at radius 2 is 0.960 bits per heavy atom. The first-order valence-corrected chi connectivity index (χ1v) is 10.8. The number of ketones is 1. The third-order valence-corrected chi connectivity index (χ3v) is 5.13. The standard InChI is InChI=1S/C22H42O3/c1-3-4-5-6-7-8-9-10-11-12-13-14-15-16-17-18-19-21(23)20(2)22(24)25/h20H,3-19H2,1-2H3,(H,24,25). The van der Waals surface area contributed by atoms with Crippen LogP contribution in [-0.2, 0) is 9.59 Å². The minimum absolute atomic E-state index is 0.127. The van der Waals surface area contributed by atoms with Crippen molar-refractivity contribution in [2.45, 2.75) is 123 Å². The number of hydrogen-bond acceptors (Lipinski definition) is 2. The Balaban J connectivity index is 3.17. The molecule has 0 aliphatic carbocycles. The molecule has 0 bridgehead atoms. The van der Waals surface area contributed by atoms with Gasteiger partial charge in [0.1, 0.15) is 11.7 Å². The van der Waals surface area contributed by atoms with Crippen molar-refractivity contribution in [3.05, 3.63) is 0 Å². The molecule has 0 spiro atoms.